The van der Waals surface area contributed by atoms with E-state index in [-0.39, 0.29) is 18.1 Å². The van der Waals surface area contributed by atoms with Gasteiger partial charge in [-0.3, -0.25) is 4.79 Å². The summed E-state index contributed by atoms with van der Waals surface area (Å²) in [6, 6.07) is 12.5. The van der Waals surface area contributed by atoms with E-state index < -0.39 is 0 Å². The molecule has 4 heteroatoms. The van der Waals surface area contributed by atoms with Crippen LogP contribution in [0.5, 0.6) is 0 Å². The lowest BCUT2D eigenvalue weighted by Crippen LogP contribution is -2.22. The van der Waals surface area contributed by atoms with Crippen molar-refractivity contribution < 1.29 is 9.18 Å². The van der Waals surface area contributed by atoms with Gasteiger partial charge in [0.15, 0.2) is 5.78 Å². The molecule has 2 aromatic rings. The highest BCUT2D eigenvalue weighted by Crippen LogP contribution is 2.26. The Morgan fingerprint density at radius 1 is 1.27 bits per heavy atom. The van der Waals surface area contributed by atoms with Crippen LogP contribution in [0.4, 0.5) is 10.1 Å². The van der Waals surface area contributed by atoms with E-state index in [0.29, 0.717) is 12.6 Å². The largest absolute Gasteiger partial charge is 0.382 e. The Hall–Kier alpha value is -2.20. The first-order chi connectivity index (χ1) is 10.6. The molecule has 114 valence electrons. The highest BCUT2D eigenvalue weighted by Gasteiger charge is 2.18. The maximum atomic E-state index is 12.8. The summed E-state index contributed by atoms with van der Waals surface area (Å²) in [6.45, 7) is 2.96. The number of carbonyl (C=O) groups is 1. The summed E-state index contributed by atoms with van der Waals surface area (Å²) >= 11 is 0. The predicted molar refractivity (Wildman–Crippen MR) is 85.7 cm³/mol. The molecule has 0 amide bonds. The Morgan fingerprint density at radius 2 is 2.05 bits per heavy atom. The lowest BCUT2D eigenvalue weighted by Gasteiger charge is -2.06. The van der Waals surface area contributed by atoms with E-state index in [1.165, 1.54) is 17.7 Å². The lowest BCUT2D eigenvalue weighted by atomic mass is 10.0. The van der Waals surface area contributed by atoms with Crippen molar-refractivity contribution in [2.24, 2.45) is 0 Å². The standard InChI is InChI=1S/C18H19FN2O/c1-12-8-15-9-14(4-7-17(15)21-12)18(22)11-20-10-13-2-5-16(19)6-3-13/h2-7,9,12,20-21H,8,10-11H2,1H3. The van der Waals surface area contributed by atoms with Gasteiger partial charge in [0, 0.05) is 23.8 Å². The number of Topliss-reactive ketones (excluding diaryl/α,β-unsaturated/α-hetero) is 1. The van der Waals surface area contributed by atoms with Crippen molar-refractivity contribution in [2.75, 3.05) is 11.9 Å². The van der Waals surface area contributed by atoms with Crippen LogP contribution in [0.25, 0.3) is 0 Å². The van der Waals surface area contributed by atoms with Crippen LogP contribution in [0, 0.1) is 5.82 Å². The summed E-state index contributed by atoms with van der Waals surface area (Å²) in [7, 11) is 0. The third-order valence-electron chi connectivity index (χ3n) is 3.88. The third-order valence-corrected chi connectivity index (χ3v) is 3.88. The summed E-state index contributed by atoms with van der Waals surface area (Å²) in [5, 5.41) is 6.48. The summed E-state index contributed by atoms with van der Waals surface area (Å²) in [4.78, 5) is 12.2. The first-order valence-corrected chi connectivity index (χ1v) is 7.49. The van der Waals surface area contributed by atoms with E-state index in [1.54, 1.807) is 12.1 Å². The average molecular weight is 298 g/mol. The Balaban J connectivity index is 1.56. The molecule has 0 fully saturated rings. The number of halogens is 1. The molecule has 1 aliphatic heterocycles. The minimum absolute atomic E-state index is 0.0736. The van der Waals surface area contributed by atoms with Gasteiger partial charge in [0.25, 0.3) is 0 Å². The molecule has 3 nitrogen and oxygen atoms in total. The molecule has 1 atom stereocenters. The molecule has 3 rings (SSSR count). The number of carbonyl (C=O) groups excluding carboxylic acids is 1. The minimum atomic E-state index is -0.249. The number of ketones is 1. The van der Waals surface area contributed by atoms with Crippen molar-refractivity contribution in [2.45, 2.75) is 25.9 Å². The van der Waals surface area contributed by atoms with Crippen LogP contribution in [0.2, 0.25) is 0 Å². The molecule has 22 heavy (non-hydrogen) atoms. The number of hydrogen-bond donors (Lipinski definition) is 2. The highest BCUT2D eigenvalue weighted by molar-refractivity contribution is 5.98. The molecule has 0 aliphatic carbocycles. The van der Waals surface area contributed by atoms with E-state index >= 15 is 0 Å². The Morgan fingerprint density at radius 3 is 2.82 bits per heavy atom. The summed E-state index contributed by atoms with van der Waals surface area (Å²) in [6.07, 6.45) is 0.958. The molecule has 0 saturated carbocycles. The number of hydrogen-bond acceptors (Lipinski definition) is 3. The molecule has 0 radical (unpaired) electrons. The first kappa shape index (κ1) is 14.7. The van der Waals surface area contributed by atoms with Gasteiger partial charge in [-0.15, -0.1) is 0 Å². The first-order valence-electron chi connectivity index (χ1n) is 7.49. The molecule has 0 spiro atoms. The van der Waals surface area contributed by atoms with Gasteiger partial charge in [-0.25, -0.2) is 4.39 Å². The minimum Gasteiger partial charge on any atom is -0.382 e. The van der Waals surface area contributed by atoms with Crippen LogP contribution in [0.15, 0.2) is 42.5 Å². The molecule has 0 aromatic heterocycles. The molecular formula is C18H19FN2O. The fourth-order valence-electron chi connectivity index (χ4n) is 2.75. The summed E-state index contributed by atoms with van der Waals surface area (Å²) < 4.78 is 12.8. The van der Waals surface area contributed by atoms with E-state index in [9.17, 15) is 9.18 Å². The van der Waals surface area contributed by atoms with Crippen molar-refractivity contribution in [3.05, 3.63) is 65.0 Å². The van der Waals surface area contributed by atoms with Gasteiger partial charge in [-0.05, 0) is 54.8 Å². The molecule has 0 saturated heterocycles. The van der Waals surface area contributed by atoms with Crippen LogP contribution < -0.4 is 10.6 Å². The molecule has 2 aromatic carbocycles. The van der Waals surface area contributed by atoms with Crippen LogP contribution >= 0.6 is 0 Å². The quantitative estimate of drug-likeness (QED) is 0.833. The maximum Gasteiger partial charge on any atom is 0.176 e. The fraction of sp³-hybridized carbons (Fsp3) is 0.278. The second kappa shape index (κ2) is 6.28. The van der Waals surface area contributed by atoms with E-state index in [0.717, 1.165) is 23.2 Å². The van der Waals surface area contributed by atoms with Crippen LogP contribution in [0.3, 0.4) is 0 Å². The van der Waals surface area contributed by atoms with Gasteiger partial charge in [-0.2, -0.15) is 0 Å². The number of benzene rings is 2. The van der Waals surface area contributed by atoms with Gasteiger partial charge in [0.05, 0.1) is 6.54 Å². The van der Waals surface area contributed by atoms with Crippen LogP contribution in [-0.4, -0.2) is 18.4 Å². The number of fused-ring (bicyclic) bond motifs is 1. The van der Waals surface area contributed by atoms with Crippen molar-refractivity contribution in [3.8, 4) is 0 Å². The Kier molecular flexibility index (Phi) is 4.20. The Labute approximate surface area is 129 Å². The monoisotopic (exact) mass is 298 g/mol. The zero-order valence-electron chi connectivity index (χ0n) is 12.5. The number of anilines is 1. The van der Waals surface area contributed by atoms with Crippen molar-refractivity contribution >= 4 is 11.5 Å². The molecule has 1 heterocycles. The average Bonchev–Trinajstić information content (AvgIpc) is 2.88. The highest BCUT2D eigenvalue weighted by atomic mass is 19.1. The third kappa shape index (κ3) is 3.34. The number of rotatable bonds is 5. The molecule has 1 aliphatic rings. The van der Waals surface area contributed by atoms with E-state index in [2.05, 4.69) is 17.6 Å². The van der Waals surface area contributed by atoms with Crippen molar-refractivity contribution in [1.82, 2.24) is 5.32 Å². The van der Waals surface area contributed by atoms with Crippen LogP contribution in [0.1, 0.15) is 28.4 Å². The lowest BCUT2D eigenvalue weighted by molar-refractivity contribution is 0.0990. The van der Waals surface area contributed by atoms with Gasteiger partial charge < -0.3 is 10.6 Å². The maximum absolute atomic E-state index is 12.8. The van der Waals surface area contributed by atoms with Crippen LogP contribution in [-0.2, 0) is 13.0 Å². The molecule has 2 N–H and O–H groups in total. The fourth-order valence-corrected chi connectivity index (χ4v) is 2.75. The van der Waals surface area contributed by atoms with Gasteiger partial charge in [-0.1, -0.05) is 12.1 Å². The SMILES string of the molecule is CC1Cc2cc(C(=O)CNCc3ccc(F)cc3)ccc2N1. The summed E-state index contributed by atoms with van der Waals surface area (Å²) in [5.41, 5.74) is 4.03. The van der Waals surface area contributed by atoms with Crippen molar-refractivity contribution in [3.63, 3.8) is 0 Å². The number of nitrogens with one attached hydrogen (secondary N) is 2. The van der Waals surface area contributed by atoms with E-state index in [4.69, 9.17) is 0 Å². The predicted octanol–water partition coefficient (Wildman–Crippen LogP) is 3.15. The summed E-state index contributed by atoms with van der Waals surface area (Å²) in [5.74, 6) is -0.176. The van der Waals surface area contributed by atoms with Crippen molar-refractivity contribution in [1.29, 1.82) is 0 Å². The normalized spacial score (nSPS) is 16.2. The molecule has 0 bridgehead atoms. The topological polar surface area (TPSA) is 41.1 Å². The molecule has 1 unspecified atom stereocenters. The second-order valence-electron chi connectivity index (χ2n) is 5.77. The van der Waals surface area contributed by atoms with E-state index in [1.807, 2.05) is 18.2 Å². The second-order valence-corrected chi connectivity index (χ2v) is 5.77. The zero-order valence-corrected chi connectivity index (χ0v) is 12.5. The zero-order chi connectivity index (χ0) is 15.5. The smallest absolute Gasteiger partial charge is 0.176 e. The Bertz CT molecular complexity index is 682. The molecular weight excluding hydrogens is 279 g/mol. The van der Waals surface area contributed by atoms with Gasteiger partial charge >= 0.3 is 0 Å². The van der Waals surface area contributed by atoms with Gasteiger partial charge in [0.1, 0.15) is 5.82 Å². The van der Waals surface area contributed by atoms with Gasteiger partial charge in [0.2, 0.25) is 0 Å².